The van der Waals surface area contributed by atoms with Crippen LogP contribution in [0.3, 0.4) is 0 Å². The lowest BCUT2D eigenvalue weighted by Crippen LogP contribution is -2.16. The number of rotatable bonds is 6. The second-order valence-electron chi connectivity index (χ2n) is 5.54. The Hall–Kier alpha value is -3.75. The molecule has 0 aliphatic heterocycles. The zero-order valence-electron chi connectivity index (χ0n) is 14.9. The first kappa shape index (κ1) is 21.3. The van der Waals surface area contributed by atoms with Gasteiger partial charge in [0.15, 0.2) is 0 Å². The summed E-state index contributed by atoms with van der Waals surface area (Å²) in [7, 11) is 0. The smallest absolute Gasteiger partial charge is 0.338 e. The van der Waals surface area contributed by atoms with Gasteiger partial charge in [-0.3, -0.25) is 0 Å². The molecule has 9 nitrogen and oxygen atoms in total. The number of hydrogen-bond acceptors (Lipinski definition) is 9. The van der Waals surface area contributed by atoms with Crippen LogP contribution in [0.5, 0.6) is 34.5 Å². The Morgan fingerprint density at radius 1 is 0.593 bits per heavy atom. The third kappa shape index (κ3) is 4.66. The topological polar surface area (TPSA) is 140 Å². The molecule has 1 aromatic carbocycles. The number of benzene rings is 1. The van der Waals surface area contributed by atoms with E-state index in [9.17, 15) is 29.7 Å². The van der Waals surface area contributed by atoms with Gasteiger partial charge in [-0.1, -0.05) is 19.7 Å². The molecule has 0 fully saturated rings. The minimum absolute atomic E-state index is 0.0976. The van der Waals surface area contributed by atoms with Gasteiger partial charge in [0, 0.05) is 16.7 Å². The number of phenols is 3. The van der Waals surface area contributed by atoms with Crippen molar-refractivity contribution in [1.29, 1.82) is 0 Å². The Morgan fingerprint density at radius 2 is 0.852 bits per heavy atom. The third-order valence-electron chi connectivity index (χ3n) is 2.92. The molecule has 0 unspecified atom stereocenters. The van der Waals surface area contributed by atoms with Crippen molar-refractivity contribution in [2.75, 3.05) is 0 Å². The van der Waals surface area contributed by atoms with E-state index < -0.39 is 52.4 Å². The van der Waals surface area contributed by atoms with Gasteiger partial charge < -0.3 is 29.5 Å². The number of carbonyl (C=O) groups excluding carboxylic acids is 3. The highest BCUT2D eigenvalue weighted by atomic mass is 16.6. The Morgan fingerprint density at radius 3 is 1.11 bits per heavy atom. The molecule has 0 radical (unpaired) electrons. The highest BCUT2D eigenvalue weighted by molar-refractivity contribution is 5.95. The van der Waals surface area contributed by atoms with E-state index in [-0.39, 0.29) is 16.7 Å². The van der Waals surface area contributed by atoms with E-state index in [0.29, 0.717) is 0 Å². The maximum atomic E-state index is 11.9. The van der Waals surface area contributed by atoms with Gasteiger partial charge >= 0.3 is 17.9 Å². The molecular formula is C18H18O9. The molecular weight excluding hydrogens is 360 g/mol. The standard InChI is InChI=1S/C18H18O9/c1-7(2)16(22)25-13-11(20)10(19)12(21)14(26-17(23)8(3)4)15(13)27-18(24)9(5)6/h19-21H,1,3,5H2,2,4,6H3. The van der Waals surface area contributed by atoms with Gasteiger partial charge in [-0.2, -0.15) is 0 Å². The molecule has 0 aliphatic rings. The quantitative estimate of drug-likeness (QED) is 0.294. The third-order valence-corrected chi connectivity index (χ3v) is 2.92. The van der Waals surface area contributed by atoms with Crippen LogP contribution in [0.4, 0.5) is 0 Å². The number of carbonyl (C=O) groups is 3. The molecule has 9 heteroatoms. The lowest BCUT2D eigenvalue weighted by Gasteiger charge is -2.18. The predicted octanol–water partition coefficient (Wildman–Crippen LogP) is 2.25. The molecule has 1 aromatic rings. The van der Waals surface area contributed by atoms with Crippen molar-refractivity contribution in [3.63, 3.8) is 0 Å². The molecule has 1 rings (SSSR count). The van der Waals surface area contributed by atoms with Gasteiger partial charge in [0.2, 0.25) is 34.5 Å². The van der Waals surface area contributed by atoms with E-state index in [4.69, 9.17) is 14.2 Å². The van der Waals surface area contributed by atoms with Crippen LogP contribution in [0.15, 0.2) is 36.5 Å². The van der Waals surface area contributed by atoms with Gasteiger partial charge in [-0.15, -0.1) is 0 Å². The summed E-state index contributed by atoms with van der Waals surface area (Å²) in [6.07, 6.45) is 0. The van der Waals surface area contributed by atoms with Crippen LogP contribution >= 0.6 is 0 Å². The van der Waals surface area contributed by atoms with Crippen molar-refractivity contribution < 1.29 is 43.9 Å². The minimum Gasteiger partial charge on any atom is -0.502 e. The number of ether oxygens (including phenoxy) is 3. The highest BCUT2D eigenvalue weighted by Gasteiger charge is 2.32. The van der Waals surface area contributed by atoms with Crippen molar-refractivity contribution in [1.82, 2.24) is 0 Å². The maximum Gasteiger partial charge on any atom is 0.338 e. The lowest BCUT2D eigenvalue weighted by molar-refractivity contribution is -0.133. The molecule has 0 heterocycles. The van der Waals surface area contributed by atoms with E-state index in [0.717, 1.165) is 0 Å². The fourth-order valence-electron chi connectivity index (χ4n) is 1.47. The number of esters is 3. The summed E-state index contributed by atoms with van der Waals surface area (Å²) in [6, 6.07) is 0. The van der Waals surface area contributed by atoms with E-state index in [2.05, 4.69) is 19.7 Å². The fraction of sp³-hybridized carbons (Fsp3) is 0.167. The number of phenolic OH excluding ortho intramolecular Hbond substituents is 3. The van der Waals surface area contributed by atoms with Gasteiger partial charge in [-0.25, -0.2) is 14.4 Å². The zero-order chi connectivity index (χ0) is 21.0. The molecule has 27 heavy (non-hydrogen) atoms. The number of aromatic hydroxyl groups is 3. The largest absolute Gasteiger partial charge is 0.502 e. The first-order valence-corrected chi connectivity index (χ1v) is 7.32. The molecule has 0 aromatic heterocycles. The van der Waals surface area contributed by atoms with Crippen LogP contribution in [0, 0.1) is 0 Å². The molecule has 0 atom stereocenters. The Labute approximate surface area is 154 Å². The van der Waals surface area contributed by atoms with E-state index in [1.807, 2.05) is 0 Å². The summed E-state index contributed by atoms with van der Waals surface area (Å²) in [4.78, 5) is 35.5. The summed E-state index contributed by atoms with van der Waals surface area (Å²) < 4.78 is 14.6. The highest BCUT2D eigenvalue weighted by Crippen LogP contribution is 2.56. The second-order valence-corrected chi connectivity index (χ2v) is 5.54. The van der Waals surface area contributed by atoms with Gasteiger partial charge in [0.05, 0.1) is 0 Å². The average Bonchev–Trinajstić information content (AvgIpc) is 2.58. The van der Waals surface area contributed by atoms with Crippen molar-refractivity contribution in [3.8, 4) is 34.5 Å². The van der Waals surface area contributed by atoms with Crippen LogP contribution in [-0.4, -0.2) is 33.2 Å². The second kappa shape index (κ2) is 8.09. The monoisotopic (exact) mass is 378 g/mol. The van der Waals surface area contributed by atoms with Crippen LogP contribution in [0.25, 0.3) is 0 Å². The Balaban J connectivity index is 3.74. The molecule has 3 N–H and O–H groups in total. The average molecular weight is 378 g/mol. The number of hydrogen-bond donors (Lipinski definition) is 3. The maximum absolute atomic E-state index is 11.9. The summed E-state index contributed by atoms with van der Waals surface area (Å²) in [5.41, 5.74) is -0.296. The fourth-order valence-corrected chi connectivity index (χ4v) is 1.47. The van der Waals surface area contributed by atoms with Gasteiger partial charge in [-0.05, 0) is 20.8 Å². The van der Waals surface area contributed by atoms with Crippen LogP contribution in [0.1, 0.15) is 20.8 Å². The summed E-state index contributed by atoms with van der Waals surface area (Å²) >= 11 is 0. The summed E-state index contributed by atoms with van der Waals surface area (Å²) in [5.74, 6) is -9.21. The van der Waals surface area contributed by atoms with Crippen molar-refractivity contribution >= 4 is 17.9 Å². The SMILES string of the molecule is C=C(C)C(=O)Oc1c(O)c(O)c(O)c(OC(=O)C(=C)C)c1OC(=O)C(=C)C. The van der Waals surface area contributed by atoms with E-state index in [1.54, 1.807) is 0 Å². The molecule has 0 amide bonds. The van der Waals surface area contributed by atoms with Crippen molar-refractivity contribution in [3.05, 3.63) is 36.5 Å². The lowest BCUT2D eigenvalue weighted by atomic mass is 10.2. The van der Waals surface area contributed by atoms with Crippen LogP contribution < -0.4 is 14.2 Å². The van der Waals surface area contributed by atoms with E-state index >= 15 is 0 Å². The predicted molar refractivity (Wildman–Crippen MR) is 92.8 cm³/mol. The zero-order valence-corrected chi connectivity index (χ0v) is 14.9. The molecule has 0 bridgehead atoms. The first-order chi connectivity index (χ1) is 12.4. The summed E-state index contributed by atoms with van der Waals surface area (Å²) in [6.45, 7) is 13.9. The van der Waals surface area contributed by atoms with Gasteiger partial charge in [0.1, 0.15) is 0 Å². The van der Waals surface area contributed by atoms with Crippen LogP contribution in [0.2, 0.25) is 0 Å². The molecule has 144 valence electrons. The first-order valence-electron chi connectivity index (χ1n) is 7.32. The molecule has 0 spiro atoms. The van der Waals surface area contributed by atoms with E-state index in [1.165, 1.54) is 20.8 Å². The van der Waals surface area contributed by atoms with Crippen molar-refractivity contribution in [2.24, 2.45) is 0 Å². The molecule has 0 aliphatic carbocycles. The summed E-state index contributed by atoms with van der Waals surface area (Å²) in [5, 5.41) is 29.9. The Kier molecular flexibility index (Phi) is 6.38. The minimum atomic E-state index is -1.18. The molecule has 0 saturated heterocycles. The van der Waals surface area contributed by atoms with Crippen molar-refractivity contribution in [2.45, 2.75) is 20.8 Å². The molecule has 0 saturated carbocycles. The van der Waals surface area contributed by atoms with Crippen LogP contribution in [-0.2, 0) is 14.4 Å². The van der Waals surface area contributed by atoms with Gasteiger partial charge in [0.25, 0.3) is 0 Å². The normalized spacial score (nSPS) is 9.89. The Bertz CT molecular complexity index is 822.